The smallest absolute Gasteiger partial charge is 0.248 e. The third-order valence-electron chi connectivity index (χ3n) is 3.80. The van der Waals surface area contributed by atoms with Crippen LogP contribution in [-0.2, 0) is 19.1 Å². The van der Waals surface area contributed by atoms with Crippen LogP contribution < -0.4 is 5.32 Å². The summed E-state index contributed by atoms with van der Waals surface area (Å²) in [5.74, 6) is 0.467. The monoisotopic (exact) mass is 284 g/mol. The molecular weight excluding hydrogens is 260 g/mol. The van der Waals surface area contributed by atoms with E-state index in [1.165, 1.54) is 0 Å². The lowest BCUT2D eigenvalue weighted by Gasteiger charge is -2.32. The van der Waals surface area contributed by atoms with Crippen molar-refractivity contribution in [1.82, 2.24) is 10.2 Å². The first-order valence-electron chi connectivity index (χ1n) is 7.35. The number of amides is 2. The Bertz CT molecular complexity index is 336. The van der Waals surface area contributed by atoms with Crippen LogP contribution in [0.2, 0.25) is 0 Å². The van der Waals surface area contributed by atoms with Crippen molar-refractivity contribution >= 4 is 11.8 Å². The molecule has 0 aromatic rings. The van der Waals surface area contributed by atoms with E-state index in [1.54, 1.807) is 7.11 Å². The predicted molar refractivity (Wildman–Crippen MR) is 73.2 cm³/mol. The first-order valence-corrected chi connectivity index (χ1v) is 7.35. The van der Waals surface area contributed by atoms with Gasteiger partial charge in [0.05, 0.1) is 13.2 Å². The Morgan fingerprint density at radius 1 is 1.15 bits per heavy atom. The first-order chi connectivity index (χ1) is 9.70. The fraction of sp³-hybridized carbons (Fsp3) is 0.857. The summed E-state index contributed by atoms with van der Waals surface area (Å²) >= 11 is 0. The number of piperidine rings is 1. The molecule has 1 aliphatic heterocycles. The summed E-state index contributed by atoms with van der Waals surface area (Å²) in [7, 11) is 1.60. The molecule has 1 heterocycles. The average molecular weight is 284 g/mol. The fourth-order valence-corrected chi connectivity index (χ4v) is 2.33. The minimum atomic E-state index is 0.0214. The van der Waals surface area contributed by atoms with Crippen LogP contribution in [0.15, 0.2) is 0 Å². The number of rotatable bonds is 7. The van der Waals surface area contributed by atoms with E-state index in [4.69, 9.17) is 9.47 Å². The first kappa shape index (κ1) is 15.3. The minimum Gasteiger partial charge on any atom is -0.382 e. The zero-order chi connectivity index (χ0) is 14.4. The maximum atomic E-state index is 11.9. The number of likely N-dealkylation sites (tertiary alicyclic amines) is 1. The van der Waals surface area contributed by atoms with Crippen molar-refractivity contribution in [1.29, 1.82) is 0 Å². The highest BCUT2D eigenvalue weighted by Crippen LogP contribution is 2.29. The molecule has 0 bridgehead atoms. The Morgan fingerprint density at radius 3 is 2.45 bits per heavy atom. The van der Waals surface area contributed by atoms with E-state index in [-0.39, 0.29) is 30.4 Å². The molecule has 0 atom stereocenters. The standard InChI is InChI=1S/C14H24N2O4/c1-19-8-9-20-10-13(17)16-6-4-12(5-7-16)15-14(18)11-2-3-11/h11-12H,2-10H2,1H3,(H,15,18). The second-order valence-corrected chi connectivity index (χ2v) is 5.48. The molecule has 0 aromatic heterocycles. The van der Waals surface area contributed by atoms with Gasteiger partial charge in [0.1, 0.15) is 6.61 Å². The van der Waals surface area contributed by atoms with Gasteiger partial charge in [-0.05, 0) is 25.7 Å². The summed E-state index contributed by atoms with van der Waals surface area (Å²) in [6, 6.07) is 0.224. The third-order valence-corrected chi connectivity index (χ3v) is 3.80. The lowest BCUT2D eigenvalue weighted by molar-refractivity contribution is -0.137. The highest BCUT2D eigenvalue weighted by molar-refractivity contribution is 5.81. The molecule has 2 amide bonds. The van der Waals surface area contributed by atoms with Gasteiger partial charge in [-0.2, -0.15) is 0 Å². The summed E-state index contributed by atoms with van der Waals surface area (Å²) < 4.78 is 10.1. The van der Waals surface area contributed by atoms with E-state index in [9.17, 15) is 9.59 Å². The SMILES string of the molecule is COCCOCC(=O)N1CCC(NC(=O)C2CC2)CC1. The van der Waals surface area contributed by atoms with Crippen LogP contribution in [0.1, 0.15) is 25.7 Å². The molecule has 0 unspecified atom stereocenters. The van der Waals surface area contributed by atoms with E-state index < -0.39 is 0 Å². The second-order valence-electron chi connectivity index (χ2n) is 5.48. The molecule has 0 spiro atoms. The maximum Gasteiger partial charge on any atom is 0.248 e. The van der Waals surface area contributed by atoms with Gasteiger partial charge in [0.2, 0.25) is 11.8 Å². The van der Waals surface area contributed by atoms with Crippen LogP contribution in [-0.4, -0.2) is 62.8 Å². The number of nitrogens with one attached hydrogen (secondary N) is 1. The highest BCUT2D eigenvalue weighted by Gasteiger charge is 2.32. The van der Waals surface area contributed by atoms with Gasteiger partial charge in [0.25, 0.3) is 0 Å². The molecule has 1 aliphatic carbocycles. The van der Waals surface area contributed by atoms with Crippen LogP contribution in [0.4, 0.5) is 0 Å². The summed E-state index contributed by atoms with van der Waals surface area (Å²) in [6.45, 7) is 2.45. The van der Waals surface area contributed by atoms with Gasteiger partial charge in [0, 0.05) is 32.2 Å². The fourth-order valence-electron chi connectivity index (χ4n) is 2.33. The van der Waals surface area contributed by atoms with Crippen molar-refractivity contribution in [2.45, 2.75) is 31.7 Å². The van der Waals surface area contributed by atoms with Gasteiger partial charge in [0.15, 0.2) is 0 Å². The Labute approximate surface area is 119 Å². The molecule has 2 aliphatic rings. The number of carbonyl (C=O) groups excluding carboxylic acids is 2. The number of methoxy groups -OCH3 is 1. The van der Waals surface area contributed by atoms with Crippen LogP contribution in [0, 0.1) is 5.92 Å². The van der Waals surface area contributed by atoms with E-state index in [0.717, 1.165) is 25.7 Å². The van der Waals surface area contributed by atoms with E-state index in [0.29, 0.717) is 26.3 Å². The normalized spacial score (nSPS) is 19.9. The number of hydrogen-bond acceptors (Lipinski definition) is 4. The van der Waals surface area contributed by atoms with Gasteiger partial charge < -0.3 is 19.7 Å². The van der Waals surface area contributed by atoms with Gasteiger partial charge >= 0.3 is 0 Å². The molecule has 1 saturated carbocycles. The largest absolute Gasteiger partial charge is 0.382 e. The van der Waals surface area contributed by atoms with E-state index in [2.05, 4.69) is 5.32 Å². The number of hydrogen-bond donors (Lipinski definition) is 1. The molecular formula is C14H24N2O4. The predicted octanol–water partition coefficient (Wildman–Crippen LogP) is 0.167. The summed E-state index contributed by atoms with van der Waals surface area (Å²) in [6.07, 6.45) is 3.73. The number of ether oxygens (including phenoxy) is 2. The summed E-state index contributed by atoms with van der Waals surface area (Å²) in [4.78, 5) is 25.4. The molecule has 0 aromatic carbocycles. The molecule has 1 N–H and O–H groups in total. The maximum absolute atomic E-state index is 11.9. The minimum absolute atomic E-state index is 0.0214. The molecule has 20 heavy (non-hydrogen) atoms. The zero-order valence-electron chi connectivity index (χ0n) is 12.1. The van der Waals surface area contributed by atoms with Gasteiger partial charge in [-0.15, -0.1) is 0 Å². The molecule has 6 nitrogen and oxygen atoms in total. The van der Waals surface area contributed by atoms with Crippen LogP contribution in [0.5, 0.6) is 0 Å². The highest BCUT2D eigenvalue weighted by atomic mass is 16.5. The molecule has 2 fully saturated rings. The van der Waals surface area contributed by atoms with Crippen LogP contribution in [0.3, 0.4) is 0 Å². The zero-order valence-corrected chi connectivity index (χ0v) is 12.1. The quantitative estimate of drug-likeness (QED) is 0.677. The molecule has 2 rings (SSSR count). The van der Waals surface area contributed by atoms with Crippen molar-refractivity contribution in [2.24, 2.45) is 5.92 Å². The van der Waals surface area contributed by atoms with E-state index in [1.807, 2.05) is 4.90 Å². The van der Waals surface area contributed by atoms with Crippen molar-refractivity contribution in [2.75, 3.05) is 40.0 Å². The molecule has 0 radical (unpaired) electrons. The van der Waals surface area contributed by atoms with Crippen molar-refractivity contribution in [3.05, 3.63) is 0 Å². The van der Waals surface area contributed by atoms with Gasteiger partial charge in [-0.1, -0.05) is 0 Å². The molecule has 6 heteroatoms. The Hall–Kier alpha value is -1.14. The molecule has 114 valence electrons. The second kappa shape index (κ2) is 7.59. The average Bonchev–Trinajstić information content (AvgIpc) is 3.29. The Morgan fingerprint density at radius 2 is 1.85 bits per heavy atom. The van der Waals surface area contributed by atoms with Crippen molar-refractivity contribution in [3.8, 4) is 0 Å². The Balaban J connectivity index is 1.60. The number of nitrogens with zero attached hydrogens (tertiary/aromatic N) is 1. The molecule has 1 saturated heterocycles. The van der Waals surface area contributed by atoms with E-state index >= 15 is 0 Å². The van der Waals surface area contributed by atoms with Gasteiger partial charge in [-0.25, -0.2) is 0 Å². The lowest BCUT2D eigenvalue weighted by Crippen LogP contribution is -2.47. The van der Waals surface area contributed by atoms with Crippen LogP contribution >= 0.6 is 0 Å². The summed E-state index contributed by atoms with van der Waals surface area (Å²) in [5.41, 5.74) is 0. The van der Waals surface area contributed by atoms with Crippen molar-refractivity contribution in [3.63, 3.8) is 0 Å². The van der Waals surface area contributed by atoms with Crippen LogP contribution in [0.25, 0.3) is 0 Å². The number of carbonyl (C=O) groups is 2. The third kappa shape index (κ3) is 4.76. The van der Waals surface area contributed by atoms with Crippen molar-refractivity contribution < 1.29 is 19.1 Å². The summed E-state index contributed by atoms with van der Waals surface area (Å²) in [5, 5.41) is 3.08. The van der Waals surface area contributed by atoms with Gasteiger partial charge in [-0.3, -0.25) is 9.59 Å². The lowest BCUT2D eigenvalue weighted by atomic mass is 10.0. The topological polar surface area (TPSA) is 67.9 Å². The Kier molecular flexibility index (Phi) is 5.79.